The van der Waals surface area contributed by atoms with Gasteiger partial charge in [-0.25, -0.2) is 13.9 Å². The van der Waals surface area contributed by atoms with E-state index in [2.05, 4.69) is 10.1 Å². The van der Waals surface area contributed by atoms with Crippen LogP contribution in [0.15, 0.2) is 36.7 Å². The van der Waals surface area contributed by atoms with Crippen LogP contribution in [0.4, 0.5) is 17.6 Å². The van der Waals surface area contributed by atoms with E-state index >= 15 is 0 Å². The van der Waals surface area contributed by atoms with Gasteiger partial charge in [-0.3, -0.25) is 4.98 Å². The molecule has 0 aliphatic carbocycles. The van der Waals surface area contributed by atoms with E-state index in [0.717, 1.165) is 12.3 Å². The number of benzene rings is 1. The SMILES string of the molecule is O=C(O)c1cnn(-c2cccc3ncc(F)cc23)c1C(F)(F)F. The molecule has 0 aliphatic heterocycles. The molecule has 118 valence electrons. The number of carboxylic acids is 1. The maximum absolute atomic E-state index is 13.4. The molecule has 0 amide bonds. The highest BCUT2D eigenvalue weighted by atomic mass is 19.4. The minimum Gasteiger partial charge on any atom is -0.478 e. The summed E-state index contributed by atoms with van der Waals surface area (Å²) < 4.78 is 53.6. The van der Waals surface area contributed by atoms with Crippen LogP contribution in [0.1, 0.15) is 16.1 Å². The summed E-state index contributed by atoms with van der Waals surface area (Å²) in [6.07, 6.45) is -3.41. The average molecular weight is 325 g/mol. The van der Waals surface area contributed by atoms with Crippen molar-refractivity contribution in [3.05, 3.63) is 53.7 Å². The molecule has 0 atom stereocenters. The molecule has 0 bridgehead atoms. The fourth-order valence-electron chi connectivity index (χ4n) is 2.25. The predicted octanol–water partition coefficient (Wildman–Crippen LogP) is 3.28. The Hall–Kier alpha value is -2.97. The van der Waals surface area contributed by atoms with Gasteiger partial charge in [0, 0.05) is 5.39 Å². The fourth-order valence-corrected chi connectivity index (χ4v) is 2.25. The van der Waals surface area contributed by atoms with E-state index in [9.17, 15) is 22.4 Å². The summed E-state index contributed by atoms with van der Waals surface area (Å²) in [4.78, 5) is 14.8. The third kappa shape index (κ3) is 2.50. The molecule has 0 fully saturated rings. The van der Waals surface area contributed by atoms with Gasteiger partial charge in [-0.15, -0.1) is 0 Å². The van der Waals surface area contributed by atoms with Crippen molar-refractivity contribution in [2.75, 3.05) is 0 Å². The lowest BCUT2D eigenvalue weighted by Gasteiger charge is -2.13. The summed E-state index contributed by atoms with van der Waals surface area (Å²) in [5.41, 5.74) is -2.29. The van der Waals surface area contributed by atoms with Crippen molar-refractivity contribution in [3.63, 3.8) is 0 Å². The van der Waals surface area contributed by atoms with Crippen LogP contribution in [0.25, 0.3) is 16.6 Å². The van der Waals surface area contributed by atoms with E-state index in [1.165, 1.54) is 18.2 Å². The van der Waals surface area contributed by atoms with Gasteiger partial charge in [0.1, 0.15) is 11.4 Å². The minimum atomic E-state index is -4.95. The molecule has 3 rings (SSSR count). The van der Waals surface area contributed by atoms with E-state index in [4.69, 9.17) is 5.11 Å². The highest BCUT2D eigenvalue weighted by Gasteiger charge is 2.40. The van der Waals surface area contributed by atoms with Crippen LogP contribution < -0.4 is 0 Å². The number of carbonyl (C=O) groups is 1. The molecule has 1 N–H and O–H groups in total. The van der Waals surface area contributed by atoms with Crippen LogP contribution in [0.3, 0.4) is 0 Å². The predicted molar refractivity (Wildman–Crippen MR) is 70.8 cm³/mol. The summed E-state index contributed by atoms with van der Waals surface area (Å²) in [6, 6.07) is 5.20. The Balaban J connectivity index is 2.36. The number of pyridine rings is 1. The molecule has 3 aromatic rings. The molecule has 0 unspecified atom stereocenters. The van der Waals surface area contributed by atoms with Crippen LogP contribution in [0.2, 0.25) is 0 Å². The lowest BCUT2D eigenvalue weighted by Crippen LogP contribution is -2.17. The lowest BCUT2D eigenvalue weighted by atomic mass is 10.1. The van der Waals surface area contributed by atoms with Gasteiger partial charge in [-0.05, 0) is 18.2 Å². The summed E-state index contributed by atoms with van der Waals surface area (Å²) in [5.74, 6) is -2.49. The number of hydrogen-bond donors (Lipinski definition) is 1. The van der Waals surface area contributed by atoms with Gasteiger partial charge in [0.15, 0.2) is 5.69 Å². The van der Waals surface area contributed by atoms with Crippen molar-refractivity contribution in [2.24, 2.45) is 0 Å². The minimum absolute atomic E-state index is 0.0815. The third-order valence-corrected chi connectivity index (χ3v) is 3.17. The number of hydrogen-bond acceptors (Lipinski definition) is 3. The Morgan fingerprint density at radius 3 is 2.61 bits per heavy atom. The van der Waals surface area contributed by atoms with E-state index in [1.807, 2.05) is 0 Å². The van der Waals surface area contributed by atoms with Gasteiger partial charge in [0.2, 0.25) is 0 Å². The first kappa shape index (κ1) is 14.9. The van der Waals surface area contributed by atoms with Gasteiger partial charge < -0.3 is 5.11 Å². The van der Waals surface area contributed by atoms with E-state index < -0.39 is 29.2 Å². The molecule has 0 radical (unpaired) electrons. The second kappa shape index (κ2) is 5.04. The summed E-state index contributed by atoms with van der Waals surface area (Å²) in [5, 5.41) is 12.5. The van der Waals surface area contributed by atoms with Crippen LogP contribution in [0.5, 0.6) is 0 Å². The van der Waals surface area contributed by atoms with E-state index in [0.29, 0.717) is 10.9 Å². The standard InChI is InChI=1S/C14H7F4N3O2/c15-7-4-8-10(19-5-7)2-1-3-11(8)21-12(14(16,17)18)9(6-20-21)13(22)23/h1-6H,(H,22,23). The zero-order valence-corrected chi connectivity index (χ0v) is 11.2. The van der Waals surface area contributed by atoms with Gasteiger partial charge in [-0.1, -0.05) is 6.07 Å². The van der Waals surface area contributed by atoms with E-state index in [1.54, 1.807) is 0 Å². The maximum atomic E-state index is 13.4. The van der Waals surface area contributed by atoms with Crippen molar-refractivity contribution < 1.29 is 27.5 Å². The topological polar surface area (TPSA) is 68.0 Å². The Morgan fingerprint density at radius 2 is 1.96 bits per heavy atom. The van der Waals surface area contributed by atoms with Crippen molar-refractivity contribution >= 4 is 16.9 Å². The Bertz CT molecular complexity index is 918. The number of aromatic nitrogens is 3. The zero-order valence-electron chi connectivity index (χ0n) is 11.2. The second-order valence-corrected chi connectivity index (χ2v) is 4.62. The number of fused-ring (bicyclic) bond motifs is 1. The number of aromatic carboxylic acids is 1. The molecule has 1 aromatic carbocycles. The van der Waals surface area contributed by atoms with Gasteiger partial charge >= 0.3 is 12.1 Å². The molecule has 5 nitrogen and oxygen atoms in total. The number of carboxylic acid groups (broad SMARTS) is 1. The highest BCUT2D eigenvalue weighted by Crippen LogP contribution is 2.35. The first-order valence-electron chi connectivity index (χ1n) is 6.22. The lowest BCUT2D eigenvalue weighted by molar-refractivity contribution is -0.143. The van der Waals surface area contributed by atoms with Crippen molar-refractivity contribution in [2.45, 2.75) is 6.18 Å². The first-order valence-corrected chi connectivity index (χ1v) is 6.22. The molecular weight excluding hydrogens is 318 g/mol. The van der Waals surface area contributed by atoms with Crippen LogP contribution >= 0.6 is 0 Å². The van der Waals surface area contributed by atoms with Gasteiger partial charge in [0.25, 0.3) is 0 Å². The number of nitrogens with zero attached hydrogens (tertiary/aromatic N) is 3. The maximum Gasteiger partial charge on any atom is 0.434 e. The van der Waals surface area contributed by atoms with Crippen molar-refractivity contribution in [1.29, 1.82) is 0 Å². The molecule has 23 heavy (non-hydrogen) atoms. The number of halogens is 4. The summed E-state index contributed by atoms with van der Waals surface area (Å²) in [6.45, 7) is 0. The molecule has 0 aliphatic rings. The fraction of sp³-hybridized carbons (Fsp3) is 0.0714. The van der Waals surface area contributed by atoms with Crippen LogP contribution in [0, 0.1) is 5.82 Å². The molecule has 2 aromatic heterocycles. The Kier molecular flexibility index (Phi) is 3.28. The summed E-state index contributed by atoms with van der Waals surface area (Å²) in [7, 11) is 0. The molecular formula is C14H7F4N3O2. The van der Waals surface area contributed by atoms with Crippen molar-refractivity contribution in [1.82, 2.24) is 14.8 Å². The second-order valence-electron chi connectivity index (χ2n) is 4.62. The average Bonchev–Trinajstić information content (AvgIpc) is 2.91. The Morgan fingerprint density at radius 1 is 1.22 bits per heavy atom. The number of rotatable bonds is 2. The smallest absolute Gasteiger partial charge is 0.434 e. The zero-order chi connectivity index (χ0) is 16.8. The van der Waals surface area contributed by atoms with Crippen LogP contribution in [-0.4, -0.2) is 25.8 Å². The molecule has 0 saturated heterocycles. The molecule has 0 spiro atoms. The van der Waals surface area contributed by atoms with Crippen LogP contribution in [-0.2, 0) is 6.18 Å². The van der Waals surface area contributed by atoms with Gasteiger partial charge in [0.05, 0.1) is 23.6 Å². The van der Waals surface area contributed by atoms with Crippen molar-refractivity contribution in [3.8, 4) is 5.69 Å². The van der Waals surface area contributed by atoms with E-state index in [-0.39, 0.29) is 16.6 Å². The Labute approximate surface area is 125 Å². The molecule has 9 heteroatoms. The first-order chi connectivity index (χ1) is 10.8. The highest BCUT2D eigenvalue weighted by molar-refractivity contribution is 5.91. The van der Waals surface area contributed by atoms with Gasteiger partial charge in [-0.2, -0.15) is 18.3 Å². The quantitative estimate of drug-likeness (QED) is 0.734. The molecule has 0 saturated carbocycles. The molecule has 2 heterocycles. The third-order valence-electron chi connectivity index (χ3n) is 3.17. The largest absolute Gasteiger partial charge is 0.478 e. The monoisotopic (exact) mass is 325 g/mol. The number of alkyl halides is 3. The normalized spacial score (nSPS) is 11.8. The summed E-state index contributed by atoms with van der Waals surface area (Å²) >= 11 is 0.